The molecule has 20 heavy (non-hydrogen) atoms. The summed E-state index contributed by atoms with van der Waals surface area (Å²) < 4.78 is 8.31. The lowest BCUT2D eigenvalue weighted by molar-refractivity contribution is 0.0732. The first kappa shape index (κ1) is 16.2. The van der Waals surface area contributed by atoms with Crippen molar-refractivity contribution in [2.24, 2.45) is 0 Å². The number of esters is 1. The van der Waals surface area contributed by atoms with Crippen LogP contribution in [0.2, 0.25) is 0 Å². The summed E-state index contributed by atoms with van der Waals surface area (Å²) in [6.07, 6.45) is 1.75. The van der Waals surface area contributed by atoms with Gasteiger partial charge in [0.05, 0.1) is 5.56 Å². The van der Waals surface area contributed by atoms with Crippen LogP contribution in [0.4, 0.5) is 0 Å². The van der Waals surface area contributed by atoms with Crippen molar-refractivity contribution in [3.05, 3.63) is 64.8 Å². The van der Waals surface area contributed by atoms with Gasteiger partial charge in [0.15, 0.2) is 0 Å². The Morgan fingerprint density at radius 1 is 1.05 bits per heavy atom. The zero-order valence-corrected chi connectivity index (χ0v) is 16.7. The predicted molar refractivity (Wildman–Crippen MR) is 106 cm³/mol. The lowest BCUT2D eigenvalue weighted by atomic mass is 10.2. The molecule has 0 heterocycles. The van der Waals surface area contributed by atoms with E-state index in [1.165, 1.54) is 0 Å². The molecular formula is C15H9I3O2. The molecule has 0 saturated carbocycles. The Bertz CT molecular complexity index is 640. The highest BCUT2D eigenvalue weighted by Gasteiger charge is 2.17. The summed E-state index contributed by atoms with van der Waals surface area (Å²) in [5.41, 5.74) is 1.60. The van der Waals surface area contributed by atoms with E-state index in [-0.39, 0.29) is 5.97 Å². The van der Waals surface area contributed by atoms with Crippen LogP contribution in [0, 0.1) is 10.7 Å². The van der Waals surface area contributed by atoms with E-state index in [1.807, 2.05) is 24.3 Å². The number of rotatable bonds is 3. The standard InChI is InChI=1S/C15H9I3O2/c1-2-9-3-5-11(6-4-9)20-15(19)14-12(17)7-10(16)8-13(14)18/h2-8H,1H2. The third-order valence-corrected chi connectivity index (χ3v) is 4.86. The van der Waals surface area contributed by atoms with Gasteiger partial charge in [-0.25, -0.2) is 4.79 Å². The summed E-state index contributed by atoms with van der Waals surface area (Å²) in [5.74, 6) is 0.201. The second kappa shape index (κ2) is 7.21. The van der Waals surface area contributed by atoms with Crippen LogP contribution in [0.5, 0.6) is 5.75 Å². The number of hydrogen-bond donors (Lipinski definition) is 0. The van der Waals surface area contributed by atoms with E-state index in [2.05, 4.69) is 74.4 Å². The number of carbonyl (C=O) groups excluding carboxylic acids is 1. The Morgan fingerprint density at radius 3 is 2.10 bits per heavy atom. The van der Waals surface area contributed by atoms with Gasteiger partial charge in [-0.1, -0.05) is 24.8 Å². The largest absolute Gasteiger partial charge is 0.423 e. The molecule has 0 aliphatic carbocycles. The summed E-state index contributed by atoms with van der Waals surface area (Å²) in [7, 11) is 0. The van der Waals surface area contributed by atoms with Crippen LogP contribution in [-0.4, -0.2) is 5.97 Å². The third-order valence-electron chi connectivity index (χ3n) is 2.54. The van der Waals surface area contributed by atoms with Crippen LogP contribution in [0.15, 0.2) is 43.0 Å². The molecule has 2 rings (SSSR count). The number of carbonyl (C=O) groups is 1. The highest BCUT2D eigenvalue weighted by atomic mass is 127. The predicted octanol–water partition coefficient (Wildman–Crippen LogP) is 5.36. The molecule has 0 atom stereocenters. The van der Waals surface area contributed by atoms with Crippen LogP contribution < -0.4 is 4.74 Å². The van der Waals surface area contributed by atoms with Crippen molar-refractivity contribution in [3.8, 4) is 5.75 Å². The number of hydrogen-bond acceptors (Lipinski definition) is 2. The monoisotopic (exact) mass is 602 g/mol. The molecule has 0 N–H and O–H groups in total. The summed E-state index contributed by atoms with van der Waals surface area (Å²) >= 11 is 6.55. The molecule has 0 unspecified atom stereocenters. The number of halogens is 3. The second-order valence-electron chi connectivity index (χ2n) is 3.91. The molecule has 102 valence electrons. The van der Waals surface area contributed by atoms with Gasteiger partial charge in [0, 0.05) is 10.7 Å². The van der Waals surface area contributed by atoms with Gasteiger partial charge < -0.3 is 4.74 Å². The van der Waals surface area contributed by atoms with Crippen molar-refractivity contribution in [1.29, 1.82) is 0 Å². The number of ether oxygens (including phenoxy) is 1. The highest BCUT2D eigenvalue weighted by molar-refractivity contribution is 14.1. The molecule has 0 aliphatic heterocycles. The topological polar surface area (TPSA) is 26.3 Å². The zero-order chi connectivity index (χ0) is 14.7. The quantitative estimate of drug-likeness (QED) is 0.269. The van der Waals surface area contributed by atoms with Crippen molar-refractivity contribution < 1.29 is 9.53 Å². The van der Waals surface area contributed by atoms with Crippen LogP contribution in [0.25, 0.3) is 6.08 Å². The summed E-state index contributed by atoms with van der Waals surface area (Å²) in [6, 6.07) is 11.2. The fourth-order valence-corrected chi connectivity index (χ4v) is 5.59. The maximum Gasteiger partial charge on any atom is 0.345 e. The fraction of sp³-hybridized carbons (Fsp3) is 0. The third kappa shape index (κ3) is 3.94. The van der Waals surface area contributed by atoms with E-state index in [0.717, 1.165) is 16.3 Å². The summed E-state index contributed by atoms with van der Waals surface area (Å²) in [6.45, 7) is 3.69. The molecule has 0 radical (unpaired) electrons. The Kier molecular flexibility index (Phi) is 5.84. The van der Waals surface area contributed by atoms with Crippen LogP contribution in [0.1, 0.15) is 15.9 Å². The van der Waals surface area contributed by atoms with Gasteiger partial charge in [0.2, 0.25) is 0 Å². The van der Waals surface area contributed by atoms with Gasteiger partial charge in [-0.3, -0.25) is 0 Å². The SMILES string of the molecule is C=Cc1ccc(OC(=O)c2c(I)cc(I)cc2I)cc1. The molecule has 0 spiro atoms. The molecule has 0 saturated heterocycles. The van der Waals surface area contributed by atoms with E-state index in [1.54, 1.807) is 18.2 Å². The maximum atomic E-state index is 12.3. The molecule has 2 nitrogen and oxygen atoms in total. The molecular weight excluding hydrogens is 593 g/mol. The van der Waals surface area contributed by atoms with E-state index in [0.29, 0.717) is 11.3 Å². The van der Waals surface area contributed by atoms with Crippen molar-refractivity contribution in [3.63, 3.8) is 0 Å². The first-order valence-electron chi connectivity index (χ1n) is 5.60. The average Bonchev–Trinajstić information content (AvgIpc) is 2.38. The van der Waals surface area contributed by atoms with Gasteiger partial charge in [0.25, 0.3) is 0 Å². The van der Waals surface area contributed by atoms with E-state index < -0.39 is 0 Å². The fourth-order valence-electron chi connectivity index (χ4n) is 1.57. The molecule has 0 fully saturated rings. The van der Waals surface area contributed by atoms with Crippen LogP contribution in [-0.2, 0) is 0 Å². The van der Waals surface area contributed by atoms with E-state index >= 15 is 0 Å². The molecule has 0 aromatic heterocycles. The normalized spacial score (nSPS) is 10.2. The Hall–Kier alpha value is -0.160. The van der Waals surface area contributed by atoms with Crippen molar-refractivity contribution in [2.75, 3.05) is 0 Å². The lowest BCUT2D eigenvalue weighted by Gasteiger charge is -2.09. The molecule has 0 bridgehead atoms. The van der Waals surface area contributed by atoms with Gasteiger partial charge in [-0.15, -0.1) is 0 Å². The number of benzene rings is 2. The zero-order valence-electron chi connectivity index (χ0n) is 10.2. The summed E-state index contributed by atoms with van der Waals surface area (Å²) in [5, 5.41) is 0. The molecule has 5 heteroatoms. The van der Waals surface area contributed by atoms with Gasteiger partial charge >= 0.3 is 5.97 Å². The van der Waals surface area contributed by atoms with Crippen LogP contribution >= 0.6 is 67.8 Å². The molecule has 0 amide bonds. The van der Waals surface area contributed by atoms with Crippen molar-refractivity contribution in [2.45, 2.75) is 0 Å². The Morgan fingerprint density at radius 2 is 1.60 bits per heavy atom. The van der Waals surface area contributed by atoms with Gasteiger partial charge in [-0.05, 0) is 97.6 Å². The van der Waals surface area contributed by atoms with E-state index in [4.69, 9.17) is 4.74 Å². The summed E-state index contributed by atoms with van der Waals surface area (Å²) in [4.78, 5) is 12.3. The molecule has 2 aromatic rings. The Balaban J connectivity index is 2.25. The first-order chi connectivity index (χ1) is 9.51. The first-order valence-corrected chi connectivity index (χ1v) is 8.84. The van der Waals surface area contributed by atoms with Gasteiger partial charge in [-0.2, -0.15) is 0 Å². The highest BCUT2D eigenvalue weighted by Crippen LogP contribution is 2.24. The average molecular weight is 602 g/mol. The Labute approximate surface area is 158 Å². The van der Waals surface area contributed by atoms with Crippen LogP contribution in [0.3, 0.4) is 0 Å². The van der Waals surface area contributed by atoms with Crippen molar-refractivity contribution in [1.82, 2.24) is 0 Å². The molecule has 0 aliphatic rings. The van der Waals surface area contributed by atoms with Gasteiger partial charge in [0.1, 0.15) is 5.75 Å². The van der Waals surface area contributed by atoms with E-state index in [9.17, 15) is 4.79 Å². The maximum absolute atomic E-state index is 12.3. The minimum atomic E-state index is -0.332. The smallest absolute Gasteiger partial charge is 0.345 e. The second-order valence-corrected chi connectivity index (χ2v) is 7.48. The molecule has 2 aromatic carbocycles. The van der Waals surface area contributed by atoms with Crippen molar-refractivity contribution >= 4 is 79.8 Å². The minimum absolute atomic E-state index is 0.332. The lowest BCUT2D eigenvalue weighted by Crippen LogP contribution is -2.12. The minimum Gasteiger partial charge on any atom is -0.423 e.